The summed E-state index contributed by atoms with van der Waals surface area (Å²) in [6.07, 6.45) is 2.54. The summed E-state index contributed by atoms with van der Waals surface area (Å²) in [6.45, 7) is 0.931. The Kier molecular flexibility index (Phi) is 3.96. The van der Waals surface area contributed by atoms with E-state index in [1.807, 2.05) is 0 Å². The number of hydrogen-bond donors (Lipinski definition) is 2. The van der Waals surface area contributed by atoms with Gasteiger partial charge in [-0.1, -0.05) is 0 Å². The molecule has 1 aromatic carbocycles. The summed E-state index contributed by atoms with van der Waals surface area (Å²) < 4.78 is 37.8. The lowest BCUT2D eigenvalue weighted by Crippen LogP contribution is -2.41. The van der Waals surface area contributed by atoms with E-state index in [1.54, 1.807) is 12.1 Å². The van der Waals surface area contributed by atoms with Gasteiger partial charge in [0.05, 0.1) is 11.9 Å². The maximum atomic E-state index is 13.6. The first-order chi connectivity index (χ1) is 8.86. The van der Waals surface area contributed by atoms with E-state index in [2.05, 4.69) is 5.32 Å². The maximum Gasteiger partial charge on any atom is 0.211 e. The SMILES string of the molecule is CS(=O)(=O)N1CCC(Nc2ccc(N)cc2F)CC1. The van der Waals surface area contributed by atoms with E-state index in [9.17, 15) is 12.8 Å². The molecule has 0 bridgehead atoms. The van der Waals surface area contributed by atoms with Crippen molar-refractivity contribution in [2.45, 2.75) is 18.9 Å². The zero-order valence-electron chi connectivity index (χ0n) is 10.8. The van der Waals surface area contributed by atoms with E-state index in [1.165, 1.54) is 16.6 Å². The predicted octanol–water partition coefficient (Wildman–Crippen LogP) is 1.24. The summed E-state index contributed by atoms with van der Waals surface area (Å²) in [4.78, 5) is 0. The number of hydrogen-bond acceptors (Lipinski definition) is 4. The molecule has 0 saturated carbocycles. The van der Waals surface area contributed by atoms with Gasteiger partial charge in [-0.15, -0.1) is 0 Å². The van der Waals surface area contributed by atoms with Crippen LogP contribution in [0, 0.1) is 5.82 Å². The predicted molar refractivity (Wildman–Crippen MR) is 73.9 cm³/mol. The Morgan fingerprint density at radius 2 is 2.00 bits per heavy atom. The van der Waals surface area contributed by atoms with E-state index >= 15 is 0 Å². The number of nitrogen functional groups attached to an aromatic ring is 1. The summed E-state index contributed by atoms with van der Waals surface area (Å²) in [7, 11) is -3.12. The quantitative estimate of drug-likeness (QED) is 0.820. The molecule has 0 unspecified atom stereocenters. The molecule has 1 saturated heterocycles. The Balaban J connectivity index is 1.96. The third-order valence-corrected chi connectivity index (χ3v) is 4.58. The molecule has 5 nitrogen and oxygen atoms in total. The van der Waals surface area contributed by atoms with Crippen LogP contribution in [0.2, 0.25) is 0 Å². The molecule has 2 rings (SSSR count). The highest BCUT2D eigenvalue weighted by Gasteiger charge is 2.25. The molecule has 0 aliphatic carbocycles. The summed E-state index contributed by atoms with van der Waals surface area (Å²) in [6, 6.07) is 4.59. The highest BCUT2D eigenvalue weighted by Crippen LogP contribution is 2.21. The normalized spacial score (nSPS) is 18.4. The molecule has 1 aromatic rings. The van der Waals surface area contributed by atoms with Crippen molar-refractivity contribution >= 4 is 21.4 Å². The van der Waals surface area contributed by atoms with Gasteiger partial charge in [-0.2, -0.15) is 0 Å². The fourth-order valence-corrected chi connectivity index (χ4v) is 3.07. The van der Waals surface area contributed by atoms with Crippen LogP contribution in [0.1, 0.15) is 12.8 Å². The second-order valence-electron chi connectivity index (χ2n) is 4.82. The Bertz CT molecular complexity index is 554. The van der Waals surface area contributed by atoms with E-state index in [4.69, 9.17) is 5.73 Å². The smallest absolute Gasteiger partial charge is 0.211 e. The molecule has 3 N–H and O–H groups in total. The topological polar surface area (TPSA) is 75.4 Å². The summed E-state index contributed by atoms with van der Waals surface area (Å²) in [5.41, 5.74) is 6.28. The number of piperidine rings is 1. The van der Waals surface area contributed by atoms with Crippen molar-refractivity contribution in [3.8, 4) is 0 Å². The van der Waals surface area contributed by atoms with Crippen LogP contribution in [0.3, 0.4) is 0 Å². The monoisotopic (exact) mass is 287 g/mol. The lowest BCUT2D eigenvalue weighted by Gasteiger charge is -2.31. The van der Waals surface area contributed by atoms with Crippen LogP contribution in [0.5, 0.6) is 0 Å². The van der Waals surface area contributed by atoms with Crippen LogP contribution in [0.15, 0.2) is 18.2 Å². The fourth-order valence-electron chi connectivity index (χ4n) is 2.20. The third kappa shape index (κ3) is 3.57. The van der Waals surface area contributed by atoms with Gasteiger partial charge < -0.3 is 11.1 Å². The Morgan fingerprint density at radius 1 is 1.37 bits per heavy atom. The Labute approximate surface area is 112 Å². The highest BCUT2D eigenvalue weighted by atomic mass is 32.2. The van der Waals surface area contributed by atoms with E-state index in [0.29, 0.717) is 37.3 Å². The molecule has 0 atom stereocenters. The number of halogens is 1. The fraction of sp³-hybridized carbons (Fsp3) is 0.500. The molecule has 0 spiro atoms. The van der Waals surface area contributed by atoms with Gasteiger partial charge in [0.25, 0.3) is 0 Å². The summed E-state index contributed by atoms with van der Waals surface area (Å²) in [5, 5.41) is 3.10. The number of benzene rings is 1. The van der Waals surface area contributed by atoms with Crippen molar-refractivity contribution in [1.29, 1.82) is 0 Å². The number of anilines is 2. The van der Waals surface area contributed by atoms with E-state index in [-0.39, 0.29) is 11.9 Å². The molecule has 0 aromatic heterocycles. The van der Waals surface area contributed by atoms with Gasteiger partial charge in [0.2, 0.25) is 10.0 Å². The minimum atomic E-state index is -3.12. The average molecular weight is 287 g/mol. The van der Waals surface area contributed by atoms with Gasteiger partial charge in [0.15, 0.2) is 0 Å². The van der Waals surface area contributed by atoms with E-state index < -0.39 is 10.0 Å². The van der Waals surface area contributed by atoms with Crippen LogP contribution < -0.4 is 11.1 Å². The van der Waals surface area contributed by atoms with Gasteiger partial charge in [0, 0.05) is 24.8 Å². The van der Waals surface area contributed by atoms with Crippen molar-refractivity contribution < 1.29 is 12.8 Å². The van der Waals surface area contributed by atoms with Gasteiger partial charge in [0.1, 0.15) is 5.82 Å². The minimum absolute atomic E-state index is 0.0797. The molecule has 0 amide bonds. The van der Waals surface area contributed by atoms with E-state index in [0.717, 1.165) is 0 Å². The number of nitrogens with one attached hydrogen (secondary N) is 1. The number of nitrogens with zero attached hydrogens (tertiary/aromatic N) is 1. The third-order valence-electron chi connectivity index (χ3n) is 3.28. The molecular weight excluding hydrogens is 269 g/mol. The Hall–Kier alpha value is -1.34. The molecule has 0 radical (unpaired) electrons. The molecule has 1 aliphatic rings. The van der Waals surface area contributed by atoms with Crippen LogP contribution in [0.4, 0.5) is 15.8 Å². The number of rotatable bonds is 3. The standard InChI is InChI=1S/C12H18FN3O2S/c1-19(17,18)16-6-4-10(5-7-16)15-12-3-2-9(14)8-11(12)13/h2-3,8,10,15H,4-7,14H2,1H3. The van der Waals surface area contributed by atoms with Crippen LogP contribution in [0.25, 0.3) is 0 Å². The van der Waals surface area contributed by atoms with Crippen molar-refractivity contribution in [3.05, 3.63) is 24.0 Å². The zero-order valence-corrected chi connectivity index (χ0v) is 11.6. The molecule has 1 fully saturated rings. The largest absolute Gasteiger partial charge is 0.399 e. The molecule has 1 heterocycles. The molecule has 7 heteroatoms. The Morgan fingerprint density at radius 3 is 2.53 bits per heavy atom. The van der Waals surface area contributed by atoms with Crippen LogP contribution in [-0.2, 0) is 10.0 Å². The van der Waals surface area contributed by atoms with Crippen molar-refractivity contribution in [2.24, 2.45) is 0 Å². The molecular formula is C12H18FN3O2S. The first-order valence-electron chi connectivity index (χ1n) is 6.13. The maximum absolute atomic E-state index is 13.6. The first kappa shape index (κ1) is 14.1. The average Bonchev–Trinajstić information content (AvgIpc) is 2.32. The molecule has 1 aliphatic heterocycles. The summed E-state index contributed by atoms with van der Waals surface area (Å²) in [5.74, 6) is -0.384. The van der Waals surface area contributed by atoms with Gasteiger partial charge >= 0.3 is 0 Å². The van der Waals surface area contributed by atoms with Gasteiger partial charge in [-0.25, -0.2) is 17.1 Å². The molecule has 19 heavy (non-hydrogen) atoms. The zero-order chi connectivity index (χ0) is 14.0. The van der Waals surface area contributed by atoms with Crippen molar-refractivity contribution in [1.82, 2.24) is 4.31 Å². The number of nitrogens with two attached hydrogens (primary N) is 1. The van der Waals surface area contributed by atoms with Gasteiger partial charge in [-0.3, -0.25) is 0 Å². The number of sulfonamides is 1. The van der Waals surface area contributed by atoms with Crippen molar-refractivity contribution in [3.63, 3.8) is 0 Å². The first-order valence-corrected chi connectivity index (χ1v) is 7.98. The minimum Gasteiger partial charge on any atom is -0.399 e. The second kappa shape index (κ2) is 5.34. The second-order valence-corrected chi connectivity index (χ2v) is 6.80. The van der Waals surface area contributed by atoms with Gasteiger partial charge in [-0.05, 0) is 31.0 Å². The summed E-state index contributed by atoms with van der Waals surface area (Å²) >= 11 is 0. The lowest BCUT2D eigenvalue weighted by molar-refractivity contribution is 0.331. The van der Waals surface area contributed by atoms with Crippen LogP contribution in [-0.4, -0.2) is 38.1 Å². The lowest BCUT2D eigenvalue weighted by atomic mass is 10.1. The van der Waals surface area contributed by atoms with Crippen molar-refractivity contribution in [2.75, 3.05) is 30.4 Å². The highest BCUT2D eigenvalue weighted by molar-refractivity contribution is 7.88. The van der Waals surface area contributed by atoms with Crippen LogP contribution >= 0.6 is 0 Å². The molecule has 106 valence electrons.